The number of anilines is 1. The second-order valence-electron chi connectivity index (χ2n) is 6.53. The molecule has 1 fully saturated rings. The molecule has 1 aliphatic rings. The SMILES string of the molecule is COC(=O)c1cc2cc(CNC3CCN(c4cccnc4)CC3)sc2[nH]1. The predicted octanol–water partition coefficient (Wildman–Crippen LogP) is 3.17. The van der Waals surface area contributed by atoms with E-state index in [1.54, 1.807) is 11.3 Å². The van der Waals surface area contributed by atoms with E-state index in [1.165, 1.54) is 17.7 Å². The molecule has 4 rings (SSSR count). The highest BCUT2D eigenvalue weighted by Crippen LogP contribution is 2.27. The maximum atomic E-state index is 11.6. The maximum absolute atomic E-state index is 11.6. The Kier molecular flexibility index (Phi) is 4.90. The summed E-state index contributed by atoms with van der Waals surface area (Å²) in [4.78, 5) is 23.6. The molecular formula is C19H22N4O2S. The van der Waals surface area contributed by atoms with Crippen molar-refractivity contribution in [2.45, 2.75) is 25.4 Å². The third-order valence-electron chi connectivity index (χ3n) is 4.84. The zero-order valence-electron chi connectivity index (χ0n) is 14.7. The first-order chi connectivity index (χ1) is 12.7. The van der Waals surface area contributed by atoms with Gasteiger partial charge in [-0.2, -0.15) is 0 Å². The second-order valence-corrected chi connectivity index (χ2v) is 7.66. The van der Waals surface area contributed by atoms with Crippen LogP contribution in [0.2, 0.25) is 0 Å². The molecule has 3 aromatic heterocycles. The minimum Gasteiger partial charge on any atom is -0.464 e. The fraction of sp³-hybridized carbons (Fsp3) is 0.368. The molecule has 0 atom stereocenters. The smallest absolute Gasteiger partial charge is 0.354 e. The van der Waals surface area contributed by atoms with Gasteiger partial charge in [-0.15, -0.1) is 11.3 Å². The summed E-state index contributed by atoms with van der Waals surface area (Å²) < 4.78 is 4.75. The van der Waals surface area contributed by atoms with Gasteiger partial charge in [0.05, 0.1) is 19.0 Å². The molecule has 7 heteroatoms. The Balaban J connectivity index is 1.30. The first-order valence-corrected chi connectivity index (χ1v) is 9.62. The number of thiophene rings is 1. The minimum absolute atomic E-state index is 0.326. The highest BCUT2D eigenvalue weighted by atomic mass is 32.1. The van der Waals surface area contributed by atoms with Gasteiger partial charge in [0.2, 0.25) is 0 Å². The molecule has 2 N–H and O–H groups in total. The lowest BCUT2D eigenvalue weighted by atomic mass is 10.0. The van der Waals surface area contributed by atoms with Crippen molar-refractivity contribution in [3.8, 4) is 0 Å². The molecule has 1 saturated heterocycles. The molecule has 6 nitrogen and oxygen atoms in total. The summed E-state index contributed by atoms with van der Waals surface area (Å²) in [5.41, 5.74) is 1.72. The van der Waals surface area contributed by atoms with E-state index >= 15 is 0 Å². The van der Waals surface area contributed by atoms with E-state index in [-0.39, 0.29) is 5.97 Å². The van der Waals surface area contributed by atoms with Crippen LogP contribution in [0, 0.1) is 0 Å². The van der Waals surface area contributed by atoms with E-state index in [1.807, 2.05) is 24.5 Å². The van der Waals surface area contributed by atoms with Gasteiger partial charge in [0.15, 0.2) is 0 Å². The van der Waals surface area contributed by atoms with Gasteiger partial charge in [0.25, 0.3) is 0 Å². The highest BCUT2D eigenvalue weighted by molar-refractivity contribution is 7.18. The number of piperidine rings is 1. The van der Waals surface area contributed by atoms with Gasteiger partial charge in [0.1, 0.15) is 10.5 Å². The average Bonchev–Trinajstić information content (AvgIpc) is 3.25. The van der Waals surface area contributed by atoms with Crippen molar-refractivity contribution >= 4 is 33.2 Å². The molecule has 0 amide bonds. The molecule has 0 bridgehead atoms. The Morgan fingerprint density at radius 2 is 2.27 bits per heavy atom. The van der Waals surface area contributed by atoms with Gasteiger partial charge < -0.3 is 19.9 Å². The van der Waals surface area contributed by atoms with Crippen molar-refractivity contribution in [3.63, 3.8) is 0 Å². The lowest BCUT2D eigenvalue weighted by Crippen LogP contribution is -2.42. The number of pyridine rings is 1. The molecule has 0 radical (unpaired) electrons. The summed E-state index contributed by atoms with van der Waals surface area (Å²) in [6, 6.07) is 8.64. The number of ether oxygens (including phenoxy) is 1. The largest absolute Gasteiger partial charge is 0.464 e. The molecule has 1 aliphatic heterocycles. The number of aromatic amines is 1. The summed E-state index contributed by atoms with van der Waals surface area (Å²) in [7, 11) is 1.40. The predicted molar refractivity (Wildman–Crippen MR) is 104 cm³/mol. The number of hydrogen-bond donors (Lipinski definition) is 2. The van der Waals surface area contributed by atoms with Crippen LogP contribution in [0.15, 0.2) is 36.7 Å². The van der Waals surface area contributed by atoms with E-state index < -0.39 is 0 Å². The van der Waals surface area contributed by atoms with Gasteiger partial charge in [-0.3, -0.25) is 4.98 Å². The van der Waals surface area contributed by atoms with Crippen molar-refractivity contribution in [1.29, 1.82) is 0 Å². The maximum Gasteiger partial charge on any atom is 0.354 e. The standard InChI is InChI=1S/C19H22N4O2S/c1-25-19(24)17-10-13-9-16(26-18(13)22-17)12-21-14-4-7-23(8-5-14)15-3-2-6-20-11-15/h2-3,6,9-11,14,21-22H,4-5,7-8,12H2,1H3. The van der Waals surface area contributed by atoms with E-state index in [0.717, 1.165) is 42.7 Å². The molecule has 0 saturated carbocycles. The van der Waals surface area contributed by atoms with Crippen LogP contribution in [0.4, 0.5) is 5.69 Å². The third-order valence-corrected chi connectivity index (χ3v) is 5.90. The quantitative estimate of drug-likeness (QED) is 0.675. The number of aromatic nitrogens is 2. The number of nitrogens with one attached hydrogen (secondary N) is 2. The summed E-state index contributed by atoms with van der Waals surface area (Å²) >= 11 is 1.69. The number of nitrogens with zero attached hydrogens (tertiary/aromatic N) is 2. The van der Waals surface area contributed by atoms with Crippen molar-refractivity contribution in [2.75, 3.05) is 25.1 Å². The minimum atomic E-state index is -0.326. The Morgan fingerprint density at radius 3 is 2.96 bits per heavy atom. The van der Waals surface area contributed by atoms with Crippen LogP contribution >= 0.6 is 11.3 Å². The molecule has 0 unspecified atom stereocenters. The van der Waals surface area contributed by atoms with Crippen molar-refractivity contribution in [2.24, 2.45) is 0 Å². The summed E-state index contributed by atoms with van der Waals surface area (Å²) in [5.74, 6) is -0.326. The normalized spacial score (nSPS) is 15.5. The second kappa shape index (κ2) is 7.47. The van der Waals surface area contributed by atoms with Crippen LogP contribution in [-0.2, 0) is 11.3 Å². The number of hydrogen-bond acceptors (Lipinski definition) is 6. The lowest BCUT2D eigenvalue weighted by molar-refractivity contribution is 0.0595. The van der Waals surface area contributed by atoms with Crippen molar-refractivity contribution < 1.29 is 9.53 Å². The molecule has 0 spiro atoms. The number of carbonyl (C=O) groups excluding carboxylic acids is 1. The van der Waals surface area contributed by atoms with Crippen LogP contribution in [0.25, 0.3) is 10.2 Å². The monoisotopic (exact) mass is 370 g/mol. The molecule has 26 heavy (non-hydrogen) atoms. The first-order valence-electron chi connectivity index (χ1n) is 8.81. The number of fused-ring (bicyclic) bond motifs is 1. The number of carbonyl (C=O) groups is 1. The average molecular weight is 370 g/mol. The van der Waals surface area contributed by atoms with Gasteiger partial charge in [-0.25, -0.2) is 4.79 Å². The molecule has 0 aromatic carbocycles. The fourth-order valence-corrected chi connectivity index (χ4v) is 4.41. The summed E-state index contributed by atoms with van der Waals surface area (Å²) in [5, 5.41) is 4.74. The zero-order chi connectivity index (χ0) is 17.9. The van der Waals surface area contributed by atoms with Crippen molar-refractivity contribution in [3.05, 3.63) is 47.2 Å². The molecule has 4 heterocycles. The van der Waals surface area contributed by atoms with Gasteiger partial charge in [-0.05, 0) is 37.1 Å². The summed E-state index contributed by atoms with van der Waals surface area (Å²) in [6.45, 7) is 2.96. The van der Waals surface area contributed by atoms with Crippen molar-refractivity contribution in [1.82, 2.24) is 15.3 Å². The number of H-pyrrole nitrogens is 1. The Labute approximate surface area is 156 Å². The molecule has 3 aromatic rings. The fourth-order valence-electron chi connectivity index (χ4n) is 3.41. The Hall–Kier alpha value is -2.38. The molecule has 0 aliphatic carbocycles. The third kappa shape index (κ3) is 3.59. The van der Waals surface area contributed by atoms with Gasteiger partial charge in [-0.1, -0.05) is 0 Å². The number of esters is 1. The van der Waals surface area contributed by atoms with Gasteiger partial charge in [0, 0.05) is 42.1 Å². The first kappa shape index (κ1) is 17.1. The highest BCUT2D eigenvalue weighted by Gasteiger charge is 2.19. The topological polar surface area (TPSA) is 70.2 Å². The molecule has 136 valence electrons. The van der Waals surface area contributed by atoms with Crippen LogP contribution < -0.4 is 10.2 Å². The van der Waals surface area contributed by atoms with E-state index in [9.17, 15) is 4.79 Å². The Morgan fingerprint density at radius 1 is 1.42 bits per heavy atom. The Bertz CT molecular complexity index is 850. The van der Waals surface area contributed by atoms with Crippen LogP contribution in [0.3, 0.4) is 0 Å². The van der Waals surface area contributed by atoms with Gasteiger partial charge >= 0.3 is 5.97 Å². The van der Waals surface area contributed by atoms with Crippen LogP contribution in [0.5, 0.6) is 0 Å². The van der Waals surface area contributed by atoms with Crippen LogP contribution in [-0.4, -0.2) is 42.2 Å². The number of rotatable bonds is 5. The van der Waals surface area contributed by atoms with E-state index in [2.05, 4.69) is 32.3 Å². The number of methoxy groups -OCH3 is 1. The van der Waals surface area contributed by atoms with E-state index in [0.29, 0.717) is 11.7 Å². The summed E-state index contributed by atoms with van der Waals surface area (Å²) in [6.07, 6.45) is 6.01. The lowest BCUT2D eigenvalue weighted by Gasteiger charge is -2.33. The zero-order valence-corrected chi connectivity index (χ0v) is 15.5. The molecular weight excluding hydrogens is 348 g/mol. The van der Waals surface area contributed by atoms with Crippen LogP contribution in [0.1, 0.15) is 28.2 Å². The van der Waals surface area contributed by atoms with E-state index in [4.69, 9.17) is 4.74 Å².